The molecule has 3 rings (SSSR count). The van der Waals surface area contributed by atoms with Gasteiger partial charge < -0.3 is 15.2 Å². The number of para-hydroxylation sites is 2. The highest BCUT2D eigenvalue weighted by molar-refractivity contribution is 5.78. The third-order valence-electron chi connectivity index (χ3n) is 2.16. The molecule has 0 aliphatic rings. The van der Waals surface area contributed by atoms with Gasteiger partial charge >= 0.3 is 0 Å². The second-order valence-electron chi connectivity index (χ2n) is 3.22. The molecule has 5 heteroatoms. The summed E-state index contributed by atoms with van der Waals surface area (Å²) in [5.74, 6) is 0.946. The van der Waals surface area contributed by atoms with Gasteiger partial charge in [-0.05, 0) is 12.1 Å². The van der Waals surface area contributed by atoms with Crippen molar-refractivity contribution in [2.24, 2.45) is 0 Å². The Kier molecular flexibility index (Phi) is 1.53. The number of nitrogens with two attached hydrogens (primary N) is 1. The maximum absolute atomic E-state index is 5.44. The molecule has 3 N–H and O–H groups in total. The van der Waals surface area contributed by atoms with Gasteiger partial charge in [0, 0.05) is 6.07 Å². The minimum atomic E-state index is 0.283. The molecule has 0 saturated heterocycles. The van der Waals surface area contributed by atoms with Crippen LogP contribution >= 0.6 is 0 Å². The average Bonchev–Trinajstić information content (AvgIpc) is 2.82. The zero-order valence-electron chi connectivity index (χ0n) is 7.77. The van der Waals surface area contributed by atoms with Crippen LogP contribution in [0.5, 0.6) is 0 Å². The van der Waals surface area contributed by atoms with Gasteiger partial charge in [0.05, 0.1) is 11.0 Å². The number of H-pyrrole nitrogens is 1. The number of nitrogens with one attached hydrogen (secondary N) is 1. The van der Waals surface area contributed by atoms with Crippen molar-refractivity contribution in [2.45, 2.75) is 0 Å². The Labute approximate surface area is 84.9 Å². The normalized spacial score (nSPS) is 10.9. The van der Waals surface area contributed by atoms with Crippen LogP contribution in [0.25, 0.3) is 22.6 Å². The van der Waals surface area contributed by atoms with E-state index in [1.54, 1.807) is 6.07 Å². The molecule has 0 spiro atoms. The van der Waals surface area contributed by atoms with E-state index in [9.17, 15) is 0 Å². The molecule has 1 aromatic carbocycles. The van der Waals surface area contributed by atoms with E-state index in [4.69, 9.17) is 10.3 Å². The van der Waals surface area contributed by atoms with Gasteiger partial charge in [0.15, 0.2) is 11.5 Å². The number of nitrogens with zero attached hydrogens (tertiary/aromatic N) is 2. The molecule has 2 aromatic heterocycles. The Morgan fingerprint density at radius 1 is 1.27 bits per heavy atom. The summed E-state index contributed by atoms with van der Waals surface area (Å²) in [5, 5.41) is 3.79. The largest absolute Gasteiger partial charge is 0.368 e. The fourth-order valence-corrected chi connectivity index (χ4v) is 1.48. The fraction of sp³-hybridized carbons (Fsp3) is 0. The van der Waals surface area contributed by atoms with E-state index in [1.807, 2.05) is 24.3 Å². The van der Waals surface area contributed by atoms with Crippen molar-refractivity contribution < 1.29 is 4.52 Å². The number of imidazole rings is 1. The second kappa shape index (κ2) is 2.84. The van der Waals surface area contributed by atoms with Crippen molar-refractivity contribution in [1.29, 1.82) is 0 Å². The van der Waals surface area contributed by atoms with E-state index >= 15 is 0 Å². The Bertz CT molecular complexity index is 577. The number of hydrogen-bond donors (Lipinski definition) is 2. The molecule has 0 bridgehead atoms. The predicted molar refractivity (Wildman–Crippen MR) is 56.0 cm³/mol. The molecule has 3 aromatic rings. The number of aromatic nitrogens is 3. The third-order valence-corrected chi connectivity index (χ3v) is 2.16. The summed E-state index contributed by atoms with van der Waals surface area (Å²) in [6.07, 6.45) is 0. The smallest absolute Gasteiger partial charge is 0.222 e. The lowest BCUT2D eigenvalue weighted by Crippen LogP contribution is -1.79. The summed E-state index contributed by atoms with van der Waals surface area (Å²) in [6.45, 7) is 0. The first-order valence-corrected chi connectivity index (χ1v) is 4.50. The van der Waals surface area contributed by atoms with Crippen LogP contribution in [0.2, 0.25) is 0 Å². The highest BCUT2D eigenvalue weighted by Crippen LogP contribution is 2.20. The molecule has 5 nitrogen and oxygen atoms in total. The standard InChI is InChI=1S/C10H8N4O/c11-9-5-8(14-15-9)10-12-6-3-1-2-4-7(6)13-10/h1-5H,11H2,(H,12,13). The average molecular weight is 200 g/mol. The van der Waals surface area contributed by atoms with Crippen LogP contribution in [0.15, 0.2) is 34.9 Å². The monoisotopic (exact) mass is 200 g/mol. The van der Waals surface area contributed by atoms with Crippen molar-refractivity contribution >= 4 is 16.9 Å². The Morgan fingerprint density at radius 3 is 2.87 bits per heavy atom. The minimum absolute atomic E-state index is 0.283. The highest BCUT2D eigenvalue weighted by atomic mass is 16.5. The topological polar surface area (TPSA) is 80.7 Å². The lowest BCUT2D eigenvalue weighted by molar-refractivity contribution is 0.439. The maximum Gasteiger partial charge on any atom is 0.222 e. The van der Waals surface area contributed by atoms with Gasteiger partial charge in [-0.1, -0.05) is 17.3 Å². The zero-order valence-corrected chi connectivity index (χ0v) is 7.77. The van der Waals surface area contributed by atoms with Gasteiger partial charge in [-0.2, -0.15) is 0 Å². The molecule has 0 fully saturated rings. The molecular weight excluding hydrogens is 192 g/mol. The van der Waals surface area contributed by atoms with E-state index in [2.05, 4.69) is 15.1 Å². The highest BCUT2D eigenvalue weighted by Gasteiger charge is 2.08. The summed E-state index contributed by atoms with van der Waals surface area (Å²) in [7, 11) is 0. The number of aromatic amines is 1. The number of fused-ring (bicyclic) bond motifs is 1. The molecule has 0 aliphatic heterocycles. The van der Waals surface area contributed by atoms with Crippen molar-refractivity contribution in [3.63, 3.8) is 0 Å². The molecule has 15 heavy (non-hydrogen) atoms. The van der Waals surface area contributed by atoms with Crippen LogP contribution in [-0.4, -0.2) is 15.1 Å². The first-order chi connectivity index (χ1) is 7.33. The second-order valence-corrected chi connectivity index (χ2v) is 3.22. The summed E-state index contributed by atoms with van der Waals surface area (Å²) >= 11 is 0. The van der Waals surface area contributed by atoms with Crippen molar-refractivity contribution in [3.05, 3.63) is 30.3 Å². The molecule has 74 valence electrons. The number of hydrogen-bond acceptors (Lipinski definition) is 4. The van der Waals surface area contributed by atoms with E-state index < -0.39 is 0 Å². The number of anilines is 1. The van der Waals surface area contributed by atoms with E-state index in [0.29, 0.717) is 11.5 Å². The maximum atomic E-state index is 5.44. The van der Waals surface area contributed by atoms with Crippen LogP contribution in [0.3, 0.4) is 0 Å². The lowest BCUT2D eigenvalue weighted by atomic mass is 10.3. The SMILES string of the molecule is Nc1cc(-c2nc3ccccc3[nH]2)no1. The number of benzene rings is 1. The van der Waals surface area contributed by atoms with Crippen LogP contribution in [-0.2, 0) is 0 Å². The van der Waals surface area contributed by atoms with Crippen LogP contribution in [0.4, 0.5) is 5.88 Å². The van der Waals surface area contributed by atoms with Crippen LogP contribution in [0.1, 0.15) is 0 Å². The summed E-state index contributed by atoms with van der Waals surface area (Å²) in [4.78, 5) is 7.50. The van der Waals surface area contributed by atoms with Gasteiger partial charge in [-0.15, -0.1) is 0 Å². The van der Waals surface area contributed by atoms with Gasteiger partial charge in [0.1, 0.15) is 0 Å². The number of nitrogen functional groups attached to an aromatic ring is 1. The molecule has 0 unspecified atom stereocenters. The van der Waals surface area contributed by atoms with E-state index in [1.165, 1.54) is 0 Å². The molecule has 0 amide bonds. The van der Waals surface area contributed by atoms with Crippen LogP contribution in [0, 0.1) is 0 Å². The van der Waals surface area contributed by atoms with Crippen molar-refractivity contribution in [2.75, 3.05) is 5.73 Å². The van der Waals surface area contributed by atoms with Gasteiger partial charge in [0.25, 0.3) is 0 Å². The van der Waals surface area contributed by atoms with Crippen molar-refractivity contribution in [1.82, 2.24) is 15.1 Å². The van der Waals surface area contributed by atoms with E-state index in [-0.39, 0.29) is 5.88 Å². The Balaban J connectivity index is 2.19. The third kappa shape index (κ3) is 1.25. The zero-order chi connectivity index (χ0) is 10.3. The molecule has 0 atom stereocenters. The Morgan fingerprint density at radius 2 is 2.13 bits per heavy atom. The summed E-state index contributed by atoms with van der Waals surface area (Å²) in [5.41, 5.74) is 7.92. The lowest BCUT2D eigenvalue weighted by Gasteiger charge is -1.83. The Hall–Kier alpha value is -2.30. The first-order valence-electron chi connectivity index (χ1n) is 4.50. The molecule has 0 radical (unpaired) electrons. The van der Waals surface area contributed by atoms with Gasteiger partial charge in [0.2, 0.25) is 5.88 Å². The first kappa shape index (κ1) is 8.05. The van der Waals surface area contributed by atoms with Crippen LogP contribution < -0.4 is 5.73 Å². The predicted octanol–water partition coefficient (Wildman–Crippen LogP) is 1.80. The van der Waals surface area contributed by atoms with Gasteiger partial charge in [-0.3, -0.25) is 0 Å². The molecule has 2 heterocycles. The summed E-state index contributed by atoms with van der Waals surface area (Å²) < 4.78 is 4.78. The van der Waals surface area contributed by atoms with Gasteiger partial charge in [-0.25, -0.2) is 4.98 Å². The quantitative estimate of drug-likeness (QED) is 0.627. The minimum Gasteiger partial charge on any atom is -0.368 e. The fourth-order valence-electron chi connectivity index (χ4n) is 1.48. The molecule has 0 aliphatic carbocycles. The summed E-state index contributed by atoms with van der Waals surface area (Å²) in [6, 6.07) is 9.40. The molecular formula is C10H8N4O. The van der Waals surface area contributed by atoms with Crippen molar-refractivity contribution in [3.8, 4) is 11.5 Å². The molecule has 0 saturated carbocycles. The van der Waals surface area contributed by atoms with E-state index in [0.717, 1.165) is 11.0 Å². The number of rotatable bonds is 1.